The zero-order valence-electron chi connectivity index (χ0n) is 10.3. The number of hydrogen-bond acceptors (Lipinski definition) is 4. The Balaban J connectivity index is 2.12. The second kappa shape index (κ2) is 5.42. The largest absolute Gasteiger partial charge is 0.327 e. The molecule has 0 aliphatic heterocycles. The third-order valence-corrected chi connectivity index (χ3v) is 3.64. The van der Waals surface area contributed by atoms with E-state index >= 15 is 0 Å². The molecule has 0 amide bonds. The van der Waals surface area contributed by atoms with Gasteiger partial charge in [0.15, 0.2) is 0 Å². The van der Waals surface area contributed by atoms with Crippen molar-refractivity contribution >= 4 is 11.3 Å². The van der Waals surface area contributed by atoms with Crippen LogP contribution in [0.25, 0.3) is 11.3 Å². The highest BCUT2D eigenvalue weighted by Gasteiger charge is 2.09. The summed E-state index contributed by atoms with van der Waals surface area (Å²) in [7, 11) is 0. The van der Waals surface area contributed by atoms with Gasteiger partial charge in [0, 0.05) is 36.1 Å². The van der Waals surface area contributed by atoms with Crippen molar-refractivity contribution in [3.05, 3.63) is 22.8 Å². The Kier molecular flexibility index (Phi) is 3.91. The van der Waals surface area contributed by atoms with Gasteiger partial charge in [-0.2, -0.15) is 5.10 Å². The Morgan fingerprint density at radius 1 is 1.47 bits per heavy atom. The first-order chi connectivity index (χ1) is 8.22. The van der Waals surface area contributed by atoms with E-state index in [4.69, 9.17) is 5.73 Å². The van der Waals surface area contributed by atoms with Crippen LogP contribution >= 0.6 is 11.3 Å². The highest BCUT2D eigenvalue weighted by molar-refractivity contribution is 7.09. The van der Waals surface area contributed by atoms with Crippen LogP contribution < -0.4 is 5.73 Å². The average molecular weight is 250 g/mol. The number of thiazole rings is 1. The van der Waals surface area contributed by atoms with Crippen LogP contribution in [0.1, 0.15) is 25.3 Å². The van der Waals surface area contributed by atoms with Crippen LogP contribution in [0.4, 0.5) is 0 Å². The van der Waals surface area contributed by atoms with Gasteiger partial charge in [-0.05, 0) is 13.3 Å². The topological polar surface area (TPSA) is 56.7 Å². The molecule has 2 rings (SSSR count). The highest BCUT2D eigenvalue weighted by Crippen LogP contribution is 2.22. The molecule has 0 saturated heterocycles. The molecule has 0 fully saturated rings. The van der Waals surface area contributed by atoms with Gasteiger partial charge in [0.25, 0.3) is 0 Å². The van der Waals surface area contributed by atoms with E-state index in [2.05, 4.69) is 29.3 Å². The molecule has 0 aromatic carbocycles. The lowest BCUT2D eigenvalue weighted by molar-refractivity contribution is 0.644. The first-order valence-electron chi connectivity index (χ1n) is 5.95. The second-order valence-electron chi connectivity index (χ2n) is 4.08. The zero-order valence-corrected chi connectivity index (χ0v) is 11.1. The number of aryl methyl sites for hydroxylation is 1. The Labute approximate surface area is 105 Å². The van der Waals surface area contributed by atoms with Crippen molar-refractivity contribution in [2.24, 2.45) is 5.73 Å². The predicted molar refractivity (Wildman–Crippen MR) is 71.0 cm³/mol. The van der Waals surface area contributed by atoms with Crippen molar-refractivity contribution < 1.29 is 0 Å². The maximum Gasteiger partial charge on any atom is 0.0948 e. The Morgan fingerprint density at radius 3 is 2.94 bits per heavy atom. The number of aromatic nitrogens is 3. The maximum atomic E-state index is 5.93. The summed E-state index contributed by atoms with van der Waals surface area (Å²) in [5, 5.41) is 7.44. The maximum absolute atomic E-state index is 5.93. The quantitative estimate of drug-likeness (QED) is 0.886. The summed E-state index contributed by atoms with van der Waals surface area (Å²) in [5.41, 5.74) is 8.02. The van der Waals surface area contributed by atoms with E-state index in [-0.39, 0.29) is 6.04 Å². The van der Waals surface area contributed by atoms with Crippen LogP contribution in [0.3, 0.4) is 0 Å². The minimum absolute atomic E-state index is 0.215. The second-order valence-corrected chi connectivity index (χ2v) is 5.03. The third kappa shape index (κ3) is 2.92. The molecule has 17 heavy (non-hydrogen) atoms. The molecule has 0 aliphatic carbocycles. The molecular formula is C12H18N4S. The molecule has 0 bridgehead atoms. The van der Waals surface area contributed by atoms with Gasteiger partial charge in [-0.25, -0.2) is 4.98 Å². The minimum atomic E-state index is 0.215. The summed E-state index contributed by atoms with van der Waals surface area (Å²) in [4.78, 5) is 4.60. The van der Waals surface area contributed by atoms with Gasteiger partial charge < -0.3 is 5.73 Å². The Bertz CT molecular complexity index is 474. The summed E-state index contributed by atoms with van der Waals surface area (Å²) in [6.45, 7) is 5.06. The van der Waals surface area contributed by atoms with E-state index in [9.17, 15) is 0 Å². The highest BCUT2D eigenvalue weighted by atomic mass is 32.1. The zero-order chi connectivity index (χ0) is 12.3. The Morgan fingerprint density at radius 2 is 2.29 bits per heavy atom. The predicted octanol–water partition coefficient (Wildman–Crippen LogP) is 2.31. The Hall–Kier alpha value is -1.20. The molecule has 0 spiro atoms. The summed E-state index contributed by atoms with van der Waals surface area (Å²) < 4.78 is 1.91. The fourth-order valence-electron chi connectivity index (χ4n) is 1.57. The van der Waals surface area contributed by atoms with Gasteiger partial charge >= 0.3 is 0 Å². The van der Waals surface area contributed by atoms with E-state index in [0.717, 1.165) is 35.7 Å². The molecule has 2 N–H and O–H groups in total. The lowest BCUT2D eigenvalue weighted by atomic mass is 10.2. The molecule has 0 saturated carbocycles. The lowest BCUT2D eigenvalue weighted by Gasteiger charge is -2.04. The van der Waals surface area contributed by atoms with Crippen molar-refractivity contribution in [1.29, 1.82) is 0 Å². The SMILES string of the molecule is CCC(N)Cc1nc(-c2cnn(CC)c2)cs1. The van der Waals surface area contributed by atoms with Gasteiger partial charge in [-0.15, -0.1) is 11.3 Å². The molecule has 1 unspecified atom stereocenters. The monoisotopic (exact) mass is 250 g/mol. The van der Waals surface area contributed by atoms with E-state index < -0.39 is 0 Å². The van der Waals surface area contributed by atoms with Crippen molar-refractivity contribution in [1.82, 2.24) is 14.8 Å². The summed E-state index contributed by atoms with van der Waals surface area (Å²) in [5.74, 6) is 0. The molecule has 2 aromatic heterocycles. The van der Waals surface area contributed by atoms with Crippen LogP contribution in [0.2, 0.25) is 0 Å². The summed E-state index contributed by atoms with van der Waals surface area (Å²) >= 11 is 1.68. The molecule has 4 nitrogen and oxygen atoms in total. The van der Waals surface area contributed by atoms with Crippen LogP contribution in [-0.2, 0) is 13.0 Å². The number of nitrogens with two attached hydrogens (primary N) is 1. The first kappa shape index (κ1) is 12.3. The molecule has 5 heteroatoms. The molecule has 2 heterocycles. The fraction of sp³-hybridized carbons (Fsp3) is 0.500. The smallest absolute Gasteiger partial charge is 0.0948 e. The van der Waals surface area contributed by atoms with Crippen LogP contribution in [0, 0.1) is 0 Å². The molecule has 0 radical (unpaired) electrons. The van der Waals surface area contributed by atoms with Gasteiger partial charge in [-0.1, -0.05) is 6.92 Å². The van der Waals surface area contributed by atoms with Gasteiger partial charge in [0.2, 0.25) is 0 Å². The normalized spacial score (nSPS) is 12.9. The minimum Gasteiger partial charge on any atom is -0.327 e. The van der Waals surface area contributed by atoms with Gasteiger partial charge in [0.05, 0.1) is 16.9 Å². The van der Waals surface area contributed by atoms with Crippen molar-refractivity contribution in [3.8, 4) is 11.3 Å². The molecule has 2 aromatic rings. The van der Waals surface area contributed by atoms with E-state index in [1.54, 1.807) is 11.3 Å². The van der Waals surface area contributed by atoms with E-state index in [1.807, 2.05) is 17.1 Å². The summed E-state index contributed by atoms with van der Waals surface area (Å²) in [6.07, 6.45) is 5.74. The van der Waals surface area contributed by atoms with Gasteiger partial charge in [-0.3, -0.25) is 4.68 Å². The van der Waals surface area contributed by atoms with Crippen LogP contribution in [0.15, 0.2) is 17.8 Å². The van der Waals surface area contributed by atoms with Gasteiger partial charge in [0.1, 0.15) is 0 Å². The third-order valence-electron chi connectivity index (χ3n) is 2.77. The van der Waals surface area contributed by atoms with Crippen LogP contribution in [0.5, 0.6) is 0 Å². The van der Waals surface area contributed by atoms with Crippen molar-refractivity contribution in [3.63, 3.8) is 0 Å². The van der Waals surface area contributed by atoms with E-state index in [1.165, 1.54) is 0 Å². The van der Waals surface area contributed by atoms with Crippen molar-refractivity contribution in [2.45, 2.75) is 39.3 Å². The summed E-state index contributed by atoms with van der Waals surface area (Å²) in [6, 6.07) is 0.215. The number of hydrogen-bond donors (Lipinski definition) is 1. The van der Waals surface area contributed by atoms with E-state index in [0.29, 0.717) is 0 Å². The fourth-order valence-corrected chi connectivity index (χ4v) is 2.47. The number of nitrogens with zero attached hydrogens (tertiary/aromatic N) is 3. The van der Waals surface area contributed by atoms with Crippen molar-refractivity contribution in [2.75, 3.05) is 0 Å². The standard InChI is InChI=1S/C12H18N4S/c1-3-10(13)5-12-15-11(8-17-12)9-6-14-16(4-2)7-9/h6-8,10H,3-5,13H2,1-2H3. The number of rotatable bonds is 5. The average Bonchev–Trinajstić information content (AvgIpc) is 2.96. The van der Waals surface area contributed by atoms with Crippen LogP contribution in [-0.4, -0.2) is 20.8 Å². The molecular weight excluding hydrogens is 232 g/mol. The molecule has 92 valence electrons. The molecule has 0 aliphatic rings. The lowest BCUT2D eigenvalue weighted by Crippen LogP contribution is -2.21. The molecule has 1 atom stereocenters. The first-order valence-corrected chi connectivity index (χ1v) is 6.83.